The first-order valence-electron chi connectivity index (χ1n) is 7.85. The number of hydrogen-bond donors (Lipinski definition) is 1. The van der Waals surface area contributed by atoms with Crippen LogP contribution >= 0.6 is 0 Å². The van der Waals surface area contributed by atoms with Crippen LogP contribution in [0.3, 0.4) is 0 Å². The van der Waals surface area contributed by atoms with Crippen molar-refractivity contribution in [1.29, 1.82) is 0 Å². The molecule has 1 aromatic heterocycles. The number of aromatic nitrogens is 2. The lowest BCUT2D eigenvalue weighted by Crippen LogP contribution is -2.15. The first kappa shape index (κ1) is 15.2. The molecule has 0 spiro atoms. The van der Waals surface area contributed by atoms with E-state index in [2.05, 4.69) is 15.5 Å². The molecule has 2 aromatic carbocycles. The molecule has 7 nitrogen and oxygen atoms in total. The Labute approximate surface area is 143 Å². The molecule has 2 heterocycles. The minimum Gasteiger partial charge on any atom is -0.486 e. The molecule has 4 rings (SSSR count). The molecule has 0 saturated carbocycles. The number of carbonyl (C=O) groups excluding carboxylic acids is 1. The van der Waals surface area contributed by atoms with Crippen molar-refractivity contribution in [3.63, 3.8) is 0 Å². The van der Waals surface area contributed by atoms with Crippen LogP contribution < -0.4 is 14.8 Å². The molecule has 3 aromatic rings. The standard InChI is InChI=1S/C18H15N3O4/c22-17(13-4-2-1-3-5-13)19-18-21-20-16(25-18)11-12-6-7-14-15(10-12)24-9-8-23-14/h1-7,10H,8-9,11H2,(H,19,21,22). The third-order valence-corrected chi connectivity index (χ3v) is 3.69. The summed E-state index contributed by atoms with van der Waals surface area (Å²) in [6.45, 7) is 1.09. The molecule has 1 aliphatic heterocycles. The second kappa shape index (κ2) is 6.64. The van der Waals surface area contributed by atoms with E-state index < -0.39 is 0 Å². The third kappa shape index (κ3) is 3.45. The number of rotatable bonds is 4. The maximum Gasteiger partial charge on any atom is 0.322 e. The van der Waals surface area contributed by atoms with Crippen molar-refractivity contribution in [2.75, 3.05) is 18.5 Å². The molecule has 0 atom stereocenters. The highest BCUT2D eigenvalue weighted by Gasteiger charge is 2.15. The van der Waals surface area contributed by atoms with Crippen molar-refractivity contribution in [2.45, 2.75) is 6.42 Å². The zero-order valence-corrected chi connectivity index (χ0v) is 13.3. The van der Waals surface area contributed by atoms with Crippen molar-refractivity contribution in [3.8, 4) is 11.5 Å². The van der Waals surface area contributed by atoms with Gasteiger partial charge in [0, 0.05) is 5.56 Å². The van der Waals surface area contributed by atoms with E-state index in [4.69, 9.17) is 13.9 Å². The fourth-order valence-corrected chi connectivity index (χ4v) is 2.51. The summed E-state index contributed by atoms with van der Waals surface area (Å²) in [5.74, 6) is 1.55. The van der Waals surface area contributed by atoms with E-state index in [0.717, 1.165) is 11.3 Å². The Morgan fingerprint density at radius 3 is 2.64 bits per heavy atom. The summed E-state index contributed by atoms with van der Waals surface area (Å²) in [5.41, 5.74) is 1.47. The summed E-state index contributed by atoms with van der Waals surface area (Å²) in [6, 6.07) is 14.6. The molecule has 0 unspecified atom stereocenters. The quantitative estimate of drug-likeness (QED) is 0.788. The number of fused-ring (bicyclic) bond motifs is 1. The monoisotopic (exact) mass is 337 g/mol. The van der Waals surface area contributed by atoms with E-state index in [9.17, 15) is 4.79 Å². The van der Waals surface area contributed by atoms with Gasteiger partial charge in [-0.1, -0.05) is 29.4 Å². The van der Waals surface area contributed by atoms with Crippen molar-refractivity contribution < 1.29 is 18.7 Å². The van der Waals surface area contributed by atoms with Gasteiger partial charge in [0.05, 0.1) is 6.42 Å². The molecule has 0 bridgehead atoms. The van der Waals surface area contributed by atoms with Crippen molar-refractivity contribution in [3.05, 3.63) is 65.5 Å². The average molecular weight is 337 g/mol. The van der Waals surface area contributed by atoms with Crippen LogP contribution in [0.2, 0.25) is 0 Å². The van der Waals surface area contributed by atoms with Crippen LogP contribution in [0.4, 0.5) is 6.01 Å². The van der Waals surface area contributed by atoms with Crippen molar-refractivity contribution in [1.82, 2.24) is 10.2 Å². The Balaban J connectivity index is 1.44. The van der Waals surface area contributed by atoms with Crippen LogP contribution in [0, 0.1) is 0 Å². The van der Waals surface area contributed by atoms with Crippen LogP contribution in [0.25, 0.3) is 0 Å². The molecule has 0 saturated heterocycles. The lowest BCUT2D eigenvalue weighted by Gasteiger charge is -2.18. The minimum absolute atomic E-state index is 0.0707. The molecule has 1 amide bonds. The fraction of sp³-hybridized carbons (Fsp3) is 0.167. The highest BCUT2D eigenvalue weighted by molar-refractivity contribution is 6.03. The van der Waals surface area contributed by atoms with Gasteiger partial charge in [-0.3, -0.25) is 10.1 Å². The van der Waals surface area contributed by atoms with Gasteiger partial charge in [-0.25, -0.2) is 0 Å². The topological polar surface area (TPSA) is 86.5 Å². The summed E-state index contributed by atoms with van der Waals surface area (Å²) in [6.07, 6.45) is 0.435. The van der Waals surface area contributed by atoms with E-state index in [1.54, 1.807) is 24.3 Å². The Hall–Kier alpha value is -3.35. The van der Waals surface area contributed by atoms with Gasteiger partial charge in [0.1, 0.15) is 13.2 Å². The fourth-order valence-electron chi connectivity index (χ4n) is 2.51. The Morgan fingerprint density at radius 2 is 1.80 bits per heavy atom. The first-order valence-corrected chi connectivity index (χ1v) is 7.85. The minimum atomic E-state index is -0.296. The molecule has 126 valence electrons. The highest BCUT2D eigenvalue weighted by Crippen LogP contribution is 2.31. The number of amides is 1. The molecule has 0 radical (unpaired) electrons. The van der Waals surface area contributed by atoms with Crippen molar-refractivity contribution >= 4 is 11.9 Å². The predicted molar refractivity (Wildman–Crippen MR) is 88.9 cm³/mol. The largest absolute Gasteiger partial charge is 0.486 e. The van der Waals surface area contributed by atoms with Crippen molar-refractivity contribution in [2.24, 2.45) is 0 Å². The van der Waals surface area contributed by atoms with Gasteiger partial charge in [-0.2, -0.15) is 0 Å². The summed E-state index contributed by atoms with van der Waals surface area (Å²) >= 11 is 0. The number of anilines is 1. The molecular weight excluding hydrogens is 322 g/mol. The van der Waals surface area contributed by atoms with Gasteiger partial charge in [0.25, 0.3) is 5.91 Å². The van der Waals surface area contributed by atoms with Gasteiger partial charge < -0.3 is 13.9 Å². The van der Waals surface area contributed by atoms with Gasteiger partial charge in [-0.05, 0) is 29.8 Å². The molecule has 0 aliphatic carbocycles. The number of nitrogens with one attached hydrogen (secondary N) is 1. The molecule has 0 fully saturated rings. The third-order valence-electron chi connectivity index (χ3n) is 3.69. The van der Waals surface area contributed by atoms with Gasteiger partial charge >= 0.3 is 6.01 Å². The molecule has 25 heavy (non-hydrogen) atoms. The SMILES string of the molecule is O=C(Nc1nnc(Cc2ccc3c(c2)OCCO3)o1)c1ccccc1. The highest BCUT2D eigenvalue weighted by atomic mass is 16.6. The number of ether oxygens (including phenoxy) is 2. The summed E-state index contributed by atoms with van der Waals surface area (Å²) in [5, 5.41) is 10.4. The van der Waals surface area contributed by atoms with Crippen LogP contribution in [0.1, 0.15) is 21.8 Å². The summed E-state index contributed by atoms with van der Waals surface area (Å²) in [7, 11) is 0. The van der Waals surface area contributed by atoms with Crippen LogP contribution in [0.5, 0.6) is 11.5 Å². The van der Waals surface area contributed by atoms with Gasteiger partial charge in [0.2, 0.25) is 5.89 Å². The van der Waals surface area contributed by atoms with Gasteiger partial charge in [-0.15, -0.1) is 5.10 Å². The second-order valence-electron chi connectivity index (χ2n) is 5.48. The summed E-state index contributed by atoms with van der Waals surface area (Å²) < 4.78 is 16.6. The lowest BCUT2D eigenvalue weighted by molar-refractivity contribution is 0.102. The summed E-state index contributed by atoms with van der Waals surface area (Å²) in [4.78, 5) is 12.1. The average Bonchev–Trinajstić information content (AvgIpc) is 3.09. The van der Waals surface area contributed by atoms with E-state index in [0.29, 0.717) is 36.8 Å². The molecular formula is C18H15N3O4. The molecule has 7 heteroatoms. The van der Waals surface area contributed by atoms with Gasteiger partial charge in [0.15, 0.2) is 11.5 Å². The maximum atomic E-state index is 12.1. The van der Waals surface area contributed by atoms with E-state index in [-0.39, 0.29) is 11.9 Å². The second-order valence-corrected chi connectivity index (χ2v) is 5.48. The lowest BCUT2D eigenvalue weighted by atomic mass is 10.1. The van der Waals surface area contributed by atoms with E-state index >= 15 is 0 Å². The van der Waals surface area contributed by atoms with Crippen LogP contribution in [-0.2, 0) is 6.42 Å². The smallest absolute Gasteiger partial charge is 0.322 e. The zero-order chi connectivity index (χ0) is 17.1. The zero-order valence-electron chi connectivity index (χ0n) is 13.3. The Bertz CT molecular complexity index is 892. The van der Waals surface area contributed by atoms with Crippen LogP contribution in [-0.4, -0.2) is 29.3 Å². The number of carbonyl (C=O) groups is 1. The maximum absolute atomic E-state index is 12.1. The molecule has 1 aliphatic rings. The van der Waals surface area contributed by atoms with Crippen LogP contribution in [0.15, 0.2) is 52.9 Å². The predicted octanol–water partition coefficient (Wildman–Crippen LogP) is 2.68. The molecule has 1 N–H and O–H groups in total. The van der Waals surface area contributed by atoms with E-state index in [1.807, 2.05) is 24.3 Å². The normalized spacial score (nSPS) is 12.6. The number of nitrogens with zero attached hydrogens (tertiary/aromatic N) is 2. The van der Waals surface area contributed by atoms with E-state index in [1.165, 1.54) is 0 Å². The number of hydrogen-bond acceptors (Lipinski definition) is 6. The Kier molecular flexibility index (Phi) is 4.04. The Morgan fingerprint density at radius 1 is 1.00 bits per heavy atom. The first-order chi connectivity index (χ1) is 12.3. The number of benzene rings is 2.